The van der Waals surface area contributed by atoms with Crippen LogP contribution in [0.5, 0.6) is 0 Å². The molecule has 0 aromatic heterocycles. The largest absolute Gasteiger partial charge is 0.444 e. The van der Waals surface area contributed by atoms with Gasteiger partial charge in [0.15, 0.2) is 0 Å². The van der Waals surface area contributed by atoms with Gasteiger partial charge >= 0.3 is 6.09 Å². The van der Waals surface area contributed by atoms with Gasteiger partial charge in [-0.2, -0.15) is 4.31 Å². The number of amides is 2. The summed E-state index contributed by atoms with van der Waals surface area (Å²) in [5.41, 5.74) is -0.936. The van der Waals surface area contributed by atoms with Crippen LogP contribution in [0.3, 0.4) is 0 Å². The summed E-state index contributed by atoms with van der Waals surface area (Å²) in [7, 11) is -3.83. The van der Waals surface area contributed by atoms with Gasteiger partial charge in [-0.1, -0.05) is 13.8 Å². The van der Waals surface area contributed by atoms with Crippen LogP contribution in [0.15, 0.2) is 23.1 Å². The lowest BCUT2D eigenvalue weighted by molar-refractivity contribution is 0.0461. The van der Waals surface area contributed by atoms with Crippen molar-refractivity contribution in [3.05, 3.63) is 29.6 Å². The topological polar surface area (TPSA) is 96.0 Å². The Morgan fingerprint density at radius 1 is 1.22 bits per heavy atom. The summed E-state index contributed by atoms with van der Waals surface area (Å²) in [6, 6.07) is 2.96. The van der Waals surface area contributed by atoms with Crippen LogP contribution in [-0.4, -0.2) is 67.4 Å². The highest BCUT2D eigenvalue weighted by Crippen LogP contribution is 2.24. The number of hydrogen-bond acceptors (Lipinski definition) is 5. The monoisotopic (exact) mass is 471 g/mol. The summed E-state index contributed by atoms with van der Waals surface area (Å²) in [4.78, 5) is 26.6. The van der Waals surface area contributed by atoms with E-state index in [0.29, 0.717) is 13.0 Å². The summed E-state index contributed by atoms with van der Waals surface area (Å²) in [5.74, 6) is -1.37. The molecule has 0 spiro atoms. The number of likely N-dealkylation sites (tertiary alicyclic amines) is 1. The minimum absolute atomic E-state index is 0.119. The van der Waals surface area contributed by atoms with Crippen molar-refractivity contribution in [1.82, 2.24) is 14.5 Å². The summed E-state index contributed by atoms with van der Waals surface area (Å²) in [5, 5.41) is 2.67. The predicted octanol–water partition coefficient (Wildman–Crippen LogP) is 3.38. The Balaban J connectivity index is 2.25. The molecule has 32 heavy (non-hydrogen) atoms. The Hall–Kier alpha value is -2.20. The quantitative estimate of drug-likeness (QED) is 0.658. The molecule has 1 fully saturated rings. The lowest BCUT2D eigenvalue weighted by Crippen LogP contribution is -2.50. The summed E-state index contributed by atoms with van der Waals surface area (Å²) in [6.07, 6.45) is 1.66. The summed E-state index contributed by atoms with van der Waals surface area (Å²) < 4.78 is 46.8. The zero-order valence-corrected chi connectivity index (χ0v) is 20.3. The Morgan fingerprint density at radius 3 is 2.47 bits per heavy atom. The molecule has 0 saturated carbocycles. The molecule has 1 N–H and O–H groups in total. The number of piperidine rings is 1. The average molecular weight is 472 g/mol. The third-order valence-electron chi connectivity index (χ3n) is 5.28. The first-order valence-electron chi connectivity index (χ1n) is 11.0. The van der Waals surface area contributed by atoms with Gasteiger partial charge in [0.2, 0.25) is 10.0 Å². The number of rotatable bonds is 7. The molecule has 1 aliphatic heterocycles. The number of nitrogens with zero attached hydrogens (tertiary/aromatic N) is 2. The lowest BCUT2D eigenvalue weighted by atomic mass is 10.0. The molecule has 1 aromatic rings. The van der Waals surface area contributed by atoms with Crippen molar-refractivity contribution in [3.8, 4) is 0 Å². The van der Waals surface area contributed by atoms with Gasteiger partial charge in [-0.3, -0.25) is 4.79 Å². The summed E-state index contributed by atoms with van der Waals surface area (Å²) >= 11 is 0. The van der Waals surface area contributed by atoms with E-state index in [2.05, 4.69) is 5.32 Å². The van der Waals surface area contributed by atoms with Gasteiger partial charge in [0, 0.05) is 32.2 Å². The standard InChI is InChI=1S/C22H34FN3O5S/c1-6-25(7-2)32(29,30)17-11-12-19(23)18(14-17)20(27)26-13-9-8-10-16(26)15-24-21(28)31-22(3,4)5/h11-12,14,16H,6-10,13,15H2,1-5H3,(H,24,28). The fraction of sp³-hybridized carbons (Fsp3) is 0.636. The van der Waals surface area contributed by atoms with Gasteiger partial charge in [0.1, 0.15) is 11.4 Å². The van der Waals surface area contributed by atoms with E-state index in [0.717, 1.165) is 25.0 Å². The zero-order chi connectivity index (χ0) is 24.1. The number of ether oxygens (including phenoxy) is 1. The Morgan fingerprint density at radius 2 is 1.88 bits per heavy atom. The van der Waals surface area contributed by atoms with E-state index >= 15 is 0 Å². The van der Waals surface area contributed by atoms with Crippen molar-refractivity contribution >= 4 is 22.0 Å². The second-order valence-corrected chi connectivity index (χ2v) is 10.7. The van der Waals surface area contributed by atoms with Crippen molar-refractivity contribution in [2.24, 2.45) is 0 Å². The van der Waals surface area contributed by atoms with E-state index in [4.69, 9.17) is 4.74 Å². The fourth-order valence-corrected chi connectivity index (χ4v) is 5.18. The molecule has 10 heteroatoms. The Kier molecular flexibility index (Phi) is 8.64. The first-order chi connectivity index (χ1) is 14.9. The third-order valence-corrected chi connectivity index (χ3v) is 7.33. The predicted molar refractivity (Wildman–Crippen MR) is 119 cm³/mol. The van der Waals surface area contributed by atoms with Crippen molar-refractivity contribution in [1.29, 1.82) is 0 Å². The van der Waals surface area contributed by atoms with Gasteiger partial charge in [-0.25, -0.2) is 17.6 Å². The minimum atomic E-state index is -3.83. The number of halogens is 1. The molecule has 0 bridgehead atoms. The van der Waals surface area contributed by atoms with Crippen LogP contribution >= 0.6 is 0 Å². The van der Waals surface area contributed by atoms with Crippen LogP contribution in [0, 0.1) is 5.82 Å². The summed E-state index contributed by atoms with van der Waals surface area (Å²) in [6.45, 7) is 9.79. The van der Waals surface area contributed by atoms with Crippen LogP contribution in [0.4, 0.5) is 9.18 Å². The lowest BCUT2D eigenvalue weighted by Gasteiger charge is -2.36. The van der Waals surface area contributed by atoms with E-state index in [1.54, 1.807) is 34.6 Å². The number of carbonyl (C=O) groups excluding carboxylic acids is 2. The van der Waals surface area contributed by atoms with Gasteiger partial charge in [-0.05, 0) is 58.2 Å². The first kappa shape index (κ1) is 26.1. The highest BCUT2D eigenvalue weighted by Gasteiger charge is 2.31. The molecule has 1 unspecified atom stereocenters. The highest BCUT2D eigenvalue weighted by molar-refractivity contribution is 7.89. The second kappa shape index (κ2) is 10.6. The van der Waals surface area contributed by atoms with Gasteiger partial charge in [0.05, 0.1) is 10.5 Å². The minimum Gasteiger partial charge on any atom is -0.444 e. The SMILES string of the molecule is CCN(CC)S(=O)(=O)c1ccc(F)c(C(=O)N2CCCCC2CNC(=O)OC(C)(C)C)c1. The number of sulfonamides is 1. The number of alkyl carbamates (subject to hydrolysis) is 1. The molecule has 0 aliphatic carbocycles. The van der Waals surface area contributed by atoms with Crippen molar-refractivity contribution in [3.63, 3.8) is 0 Å². The molecule has 1 atom stereocenters. The van der Waals surface area contributed by atoms with E-state index < -0.39 is 33.4 Å². The van der Waals surface area contributed by atoms with E-state index in [-0.39, 0.29) is 36.1 Å². The van der Waals surface area contributed by atoms with Crippen LogP contribution in [0.1, 0.15) is 64.2 Å². The first-order valence-corrected chi connectivity index (χ1v) is 12.4. The molecular weight excluding hydrogens is 437 g/mol. The molecule has 180 valence electrons. The van der Waals surface area contributed by atoms with Gasteiger partial charge in [0.25, 0.3) is 5.91 Å². The maximum atomic E-state index is 14.6. The van der Waals surface area contributed by atoms with E-state index in [9.17, 15) is 22.4 Å². The van der Waals surface area contributed by atoms with Crippen molar-refractivity contribution in [2.45, 2.75) is 70.4 Å². The van der Waals surface area contributed by atoms with Crippen molar-refractivity contribution < 1.29 is 27.1 Å². The second-order valence-electron chi connectivity index (χ2n) is 8.76. The molecule has 1 heterocycles. The molecule has 1 aromatic carbocycles. The molecule has 8 nitrogen and oxygen atoms in total. The maximum Gasteiger partial charge on any atom is 0.407 e. The number of carbonyl (C=O) groups is 2. The molecule has 1 saturated heterocycles. The maximum absolute atomic E-state index is 14.6. The van der Waals surface area contributed by atoms with Crippen LogP contribution in [0.25, 0.3) is 0 Å². The van der Waals surface area contributed by atoms with Crippen LogP contribution < -0.4 is 5.32 Å². The zero-order valence-electron chi connectivity index (χ0n) is 19.5. The smallest absolute Gasteiger partial charge is 0.407 e. The van der Waals surface area contributed by atoms with Crippen LogP contribution in [-0.2, 0) is 14.8 Å². The third kappa shape index (κ3) is 6.41. The number of benzene rings is 1. The molecule has 1 aliphatic rings. The average Bonchev–Trinajstić information content (AvgIpc) is 2.71. The Bertz CT molecular complexity index is 926. The molecule has 2 rings (SSSR count). The van der Waals surface area contributed by atoms with Gasteiger partial charge < -0.3 is 15.0 Å². The normalized spacial score (nSPS) is 17.3. The molecular formula is C22H34FN3O5S. The number of hydrogen-bond donors (Lipinski definition) is 1. The van der Waals surface area contributed by atoms with E-state index in [1.165, 1.54) is 15.3 Å². The molecule has 0 radical (unpaired) electrons. The van der Waals surface area contributed by atoms with Crippen LogP contribution in [0.2, 0.25) is 0 Å². The fourth-order valence-electron chi connectivity index (χ4n) is 3.69. The highest BCUT2D eigenvalue weighted by atomic mass is 32.2. The van der Waals surface area contributed by atoms with Crippen molar-refractivity contribution in [2.75, 3.05) is 26.2 Å². The van der Waals surface area contributed by atoms with Gasteiger partial charge in [-0.15, -0.1) is 0 Å². The Labute approximate surface area is 190 Å². The van der Waals surface area contributed by atoms with E-state index in [1.807, 2.05) is 0 Å². The number of nitrogens with one attached hydrogen (secondary N) is 1. The molecule has 2 amide bonds.